The molecule has 0 radical (unpaired) electrons. The molecule has 0 heterocycles. The highest BCUT2D eigenvalue weighted by atomic mass is 14.3. The number of rotatable bonds is 4. The summed E-state index contributed by atoms with van der Waals surface area (Å²) in [5.41, 5.74) is 2.23. The van der Waals surface area contributed by atoms with Crippen LogP contribution in [0.25, 0.3) is 0 Å². The van der Waals surface area contributed by atoms with E-state index in [4.69, 9.17) is 5.26 Å². The van der Waals surface area contributed by atoms with Gasteiger partial charge in [0, 0.05) is 0 Å². The molecule has 0 bridgehead atoms. The van der Waals surface area contributed by atoms with Crippen LogP contribution in [0.3, 0.4) is 0 Å². The zero-order chi connectivity index (χ0) is 16.1. The Balaban J connectivity index is 1.40. The van der Waals surface area contributed by atoms with Gasteiger partial charge in [0.2, 0.25) is 0 Å². The Morgan fingerprint density at radius 3 is 1.87 bits per heavy atom. The lowest BCUT2D eigenvalue weighted by Crippen LogP contribution is -2.17. The summed E-state index contributed by atoms with van der Waals surface area (Å²) in [4.78, 5) is 0. The molecule has 0 atom stereocenters. The van der Waals surface area contributed by atoms with Crippen LogP contribution in [-0.4, -0.2) is 0 Å². The summed E-state index contributed by atoms with van der Waals surface area (Å²) in [6.07, 6.45) is 14.4. The van der Waals surface area contributed by atoms with Crippen LogP contribution in [0.2, 0.25) is 0 Å². The van der Waals surface area contributed by atoms with Crippen LogP contribution in [0.5, 0.6) is 0 Å². The van der Waals surface area contributed by atoms with Gasteiger partial charge in [-0.3, -0.25) is 0 Å². The van der Waals surface area contributed by atoms with Crippen LogP contribution in [-0.2, 0) is 0 Å². The van der Waals surface area contributed by atoms with Crippen molar-refractivity contribution in [1.29, 1.82) is 5.26 Å². The number of hydrogen-bond acceptors (Lipinski definition) is 1. The van der Waals surface area contributed by atoms with Crippen LogP contribution in [0, 0.1) is 29.1 Å². The molecule has 3 rings (SSSR count). The van der Waals surface area contributed by atoms with Gasteiger partial charge in [0.15, 0.2) is 0 Å². The minimum Gasteiger partial charge on any atom is -0.192 e. The fraction of sp³-hybridized carbons (Fsp3) is 0.682. The molecule has 23 heavy (non-hydrogen) atoms. The monoisotopic (exact) mass is 309 g/mol. The van der Waals surface area contributed by atoms with Crippen molar-refractivity contribution in [3.05, 3.63) is 35.4 Å². The van der Waals surface area contributed by atoms with Gasteiger partial charge in [-0.25, -0.2) is 0 Å². The van der Waals surface area contributed by atoms with Gasteiger partial charge in [-0.05, 0) is 67.1 Å². The number of benzene rings is 1. The van der Waals surface area contributed by atoms with Gasteiger partial charge >= 0.3 is 0 Å². The van der Waals surface area contributed by atoms with Crippen molar-refractivity contribution in [2.24, 2.45) is 17.8 Å². The molecule has 0 amide bonds. The first-order valence-electron chi connectivity index (χ1n) is 9.74. The van der Waals surface area contributed by atoms with Gasteiger partial charge in [0.1, 0.15) is 0 Å². The van der Waals surface area contributed by atoms with Crippen LogP contribution >= 0.6 is 0 Å². The van der Waals surface area contributed by atoms with Gasteiger partial charge in [0.25, 0.3) is 0 Å². The second-order valence-electron chi connectivity index (χ2n) is 8.15. The van der Waals surface area contributed by atoms with Gasteiger partial charge < -0.3 is 0 Å². The molecular formula is C22H31N. The Kier molecular flexibility index (Phi) is 5.76. The molecule has 1 aromatic carbocycles. The Morgan fingerprint density at radius 2 is 1.35 bits per heavy atom. The zero-order valence-corrected chi connectivity index (χ0v) is 14.6. The molecule has 2 aliphatic rings. The second-order valence-corrected chi connectivity index (χ2v) is 8.15. The lowest BCUT2D eigenvalue weighted by atomic mass is 9.74. The molecule has 124 valence electrons. The van der Waals surface area contributed by atoms with E-state index in [1.165, 1.54) is 69.8 Å². The van der Waals surface area contributed by atoms with Crippen molar-refractivity contribution < 1.29 is 0 Å². The summed E-state index contributed by atoms with van der Waals surface area (Å²) >= 11 is 0. The summed E-state index contributed by atoms with van der Waals surface area (Å²) in [6.45, 7) is 2.42. The SMILES string of the molecule is CC1CCC(CCC2CCC(c3ccc(C#N)cc3)CC2)CC1. The molecule has 0 spiro atoms. The molecule has 0 saturated heterocycles. The molecule has 1 nitrogen and oxygen atoms in total. The van der Waals surface area contributed by atoms with Crippen LogP contribution < -0.4 is 0 Å². The maximum Gasteiger partial charge on any atom is 0.0991 e. The van der Waals surface area contributed by atoms with Crippen LogP contribution in [0.4, 0.5) is 0 Å². The third-order valence-corrected chi connectivity index (χ3v) is 6.48. The van der Waals surface area contributed by atoms with Crippen molar-refractivity contribution in [2.45, 2.75) is 77.0 Å². The summed E-state index contributed by atoms with van der Waals surface area (Å²) in [5.74, 6) is 3.72. The van der Waals surface area contributed by atoms with Crippen molar-refractivity contribution in [1.82, 2.24) is 0 Å². The highest BCUT2D eigenvalue weighted by Gasteiger charge is 2.24. The minimum absolute atomic E-state index is 0.731. The molecular weight excluding hydrogens is 278 g/mol. The average molecular weight is 309 g/mol. The van der Waals surface area contributed by atoms with E-state index in [1.807, 2.05) is 12.1 Å². The molecule has 0 unspecified atom stereocenters. The normalized spacial score (nSPS) is 31.5. The fourth-order valence-corrected chi connectivity index (χ4v) is 4.70. The third kappa shape index (κ3) is 4.60. The molecule has 0 N–H and O–H groups in total. The van der Waals surface area contributed by atoms with Crippen molar-refractivity contribution in [2.75, 3.05) is 0 Å². The molecule has 0 aromatic heterocycles. The smallest absolute Gasteiger partial charge is 0.0991 e. The highest BCUT2D eigenvalue weighted by molar-refractivity contribution is 5.33. The predicted octanol–water partition coefficient (Wildman–Crippen LogP) is 6.44. The lowest BCUT2D eigenvalue weighted by molar-refractivity contribution is 0.237. The maximum absolute atomic E-state index is 8.90. The van der Waals surface area contributed by atoms with E-state index in [-0.39, 0.29) is 0 Å². The van der Waals surface area contributed by atoms with Crippen molar-refractivity contribution >= 4 is 0 Å². The zero-order valence-electron chi connectivity index (χ0n) is 14.6. The van der Waals surface area contributed by atoms with E-state index >= 15 is 0 Å². The Morgan fingerprint density at radius 1 is 0.826 bits per heavy atom. The predicted molar refractivity (Wildman–Crippen MR) is 96.2 cm³/mol. The van der Waals surface area contributed by atoms with E-state index in [9.17, 15) is 0 Å². The fourth-order valence-electron chi connectivity index (χ4n) is 4.70. The van der Waals surface area contributed by atoms with E-state index in [2.05, 4.69) is 25.1 Å². The summed E-state index contributed by atoms with van der Waals surface area (Å²) in [5, 5.41) is 8.90. The second kappa shape index (κ2) is 8.00. The van der Waals surface area contributed by atoms with E-state index < -0.39 is 0 Å². The third-order valence-electron chi connectivity index (χ3n) is 6.48. The molecule has 1 aromatic rings. The summed E-state index contributed by atoms with van der Waals surface area (Å²) in [6, 6.07) is 10.5. The Hall–Kier alpha value is -1.29. The van der Waals surface area contributed by atoms with Gasteiger partial charge in [0.05, 0.1) is 11.6 Å². The molecule has 0 aliphatic heterocycles. The van der Waals surface area contributed by atoms with Crippen LogP contribution in [0.1, 0.15) is 88.2 Å². The largest absolute Gasteiger partial charge is 0.192 e. The quantitative estimate of drug-likeness (QED) is 0.628. The first kappa shape index (κ1) is 16.6. The first-order chi connectivity index (χ1) is 11.2. The van der Waals surface area contributed by atoms with Crippen molar-refractivity contribution in [3.63, 3.8) is 0 Å². The first-order valence-corrected chi connectivity index (χ1v) is 9.74. The van der Waals surface area contributed by atoms with Crippen LogP contribution in [0.15, 0.2) is 24.3 Å². The number of nitrogens with zero attached hydrogens (tertiary/aromatic N) is 1. The number of hydrogen-bond donors (Lipinski definition) is 0. The number of nitriles is 1. The lowest BCUT2D eigenvalue weighted by Gasteiger charge is -2.31. The average Bonchev–Trinajstić information content (AvgIpc) is 2.62. The Bertz CT molecular complexity index is 508. The Labute approximate surface area is 142 Å². The minimum atomic E-state index is 0.731. The topological polar surface area (TPSA) is 23.8 Å². The van der Waals surface area contributed by atoms with Crippen molar-refractivity contribution in [3.8, 4) is 6.07 Å². The molecule has 2 saturated carbocycles. The van der Waals surface area contributed by atoms with E-state index in [0.717, 1.165) is 29.2 Å². The standard InChI is InChI=1S/C22H31N/c1-17-2-4-18(5-3-17)6-7-19-8-12-21(13-9-19)22-14-10-20(16-23)11-15-22/h10-11,14-15,17-19,21H,2-9,12-13H2,1H3. The van der Waals surface area contributed by atoms with E-state index in [1.54, 1.807) is 0 Å². The van der Waals surface area contributed by atoms with E-state index in [0.29, 0.717) is 0 Å². The summed E-state index contributed by atoms with van der Waals surface area (Å²) in [7, 11) is 0. The molecule has 1 heteroatoms. The van der Waals surface area contributed by atoms with Gasteiger partial charge in [-0.1, -0.05) is 57.6 Å². The molecule has 2 fully saturated rings. The van der Waals surface area contributed by atoms with Gasteiger partial charge in [-0.15, -0.1) is 0 Å². The molecule has 2 aliphatic carbocycles. The maximum atomic E-state index is 8.90. The highest BCUT2D eigenvalue weighted by Crippen LogP contribution is 2.39. The summed E-state index contributed by atoms with van der Waals surface area (Å²) < 4.78 is 0. The van der Waals surface area contributed by atoms with Gasteiger partial charge in [-0.2, -0.15) is 5.26 Å².